The van der Waals surface area contributed by atoms with Gasteiger partial charge in [-0.15, -0.1) is 0 Å². The maximum absolute atomic E-state index is 13.4. The molecule has 1 rings (SSSR count). The van der Waals surface area contributed by atoms with Gasteiger partial charge in [-0.05, 0) is 30.4 Å². The SMILES string of the molecule is CCC(CSC)NC(=O)NC(CO)c1ccc(Cl)c(F)c1. The molecule has 0 saturated carbocycles. The molecule has 0 aromatic heterocycles. The molecule has 7 heteroatoms. The summed E-state index contributed by atoms with van der Waals surface area (Å²) in [5.74, 6) is 0.229. The number of benzene rings is 1. The highest BCUT2D eigenvalue weighted by Gasteiger charge is 2.17. The molecule has 0 heterocycles. The van der Waals surface area contributed by atoms with E-state index in [-0.39, 0.29) is 23.7 Å². The number of urea groups is 1. The standard InChI is InChI=1S/C14H20ClFN2O2S/c1-3-10(8-21-2)17-14(20)18-13(7-19)9-4-5-11(15)12(16)6-9/h4-6,10,13,19H,3,7-8H2,1-2H3,(H2,17,18,20). The second-order valence-corrected chi connectivity index (χ2v) is 5.90. The molecule has 0 aliphatic rings. The predicted molar refractivity (Wildman–Crippen MR) is 85.4 cm³/mol. The maximum Gasteiger partial charge on any atom is 0.315 e. The zero-order valence-corrected chi connectivity index (χ0v) is 13.6. The van der Waals surface area contributed by atoms with Crippen molar-refractivity contribution in [3.05, 3.63) is 34.6 Å². The number of carbonyl (C=O) groups is 1. The smallest absolute Gasteiger partial charge is 0.315 e. The van der Waals surface area contributed by atoms with Gasteiger partial charge in [-0.1, -0.05) is 24.6 Å². The molecule has 2 amide bonds. The first-order valence-electron chi connectivity index (χ1n) is 6.63. The monoisotopic (exact) mass is 334 g/mol. The molecule has 118 valence electrons. The van der Waals surface area contributed by atoms with Crippen molar-refractivity contribution in [3.63, 3.8) is 0 Å². The molecule has 0 spiro atoms. The lowest BCUT2D eigenvalue weighted by Gasteiger charge is -2.21. The van der Waals surface area contributed by atoms with E-state index >= 15 is 0 Å². The molecule has 2 unspecified atom stereocenters. The van der Waals surface area contributed by atoms with Crippen LogP contribution >= 0.6 is 23.4 Å². The van der Waals surface area contributed by atoms with E-state index in [4.69, 9.17) is 11.6 Å². The summed E-state index contributed by atoms with van der Waals surface area (Å²) in [5.41, 5.74) is 0.465. The van der Waals surface area contributed by atoms with Crippen LogP contribution in [-0.2, 0) is 0 Å². The van der Waals surface area contributed by atoms with Crippen LogP contribution in [0.5, 0.6) is 0 Å². The number of hydrogen-bond donors (Lipinski definition) is 3. The van der Waals surface area contributed by atoms with E-state index in [1.165, 1.54) is 12.1 Å². The van der Waals surface area contributed by atoms with E-state index < -0.39 is 11.9 Å². The normalized spacial score (nSPS) is 13.6. The summed E-state index contributed by atoms with van der Waals surface area (Å²) in [7, 11) is 0. The molecule has 3 N–H and O–H groups in total. The van der Waals surface area contributed by atoms with Gasteiger partial charge in [0.2, 0.25) is 0 Å². The van der Waals surface area contributed by atoms with Gasteiger partial charge in [0, 0.05) is 11.8 Å². The Morgan fingerprint density at radius 3 is 2.71 bits per heavy atom. The predicted octanol–water partition coefficient (Wildman–Crippen LogP) is 2.95. The summed E-state index contributed by atoms with van der Waals surface area (Å²) in [5, 5.41) is 14.8. The highest BCUT2D eigenvalue weighted by Crippen LogP contribution is 2.20. The van der Waals surface area contributed by atoms with Gasteiger partial charge in [-0.3, -0.25) is 0 Å². The number of nitrogens with one attached hydrogen (secondary N) is 2. The Bertz CT molecular complexity index is 476. The third kappa shape index (κ3) is 5.73. The zero-order chi connectivity index (χ0) is 15.8. The Balaban J connectivity index is 2.68. The number of halogens is 2. The van der Waals surface area contributed by atoms with Gasteiger partial charge in [0.05, 0.1) is 17.7 Å². The van der Waals surface area contributed by atoms with Gasteiger partial charge in [0.25, 0.3) is 0 Å². The molecular weight excluding hydrogens is 315 g/mol. The van der Waals surface area contributed by atoms with Crippen molar-refractivity contribution in [2.45, 2.75) is 25.4 Å². The number of carbonyl (C=O) groups excluding carboxylic acids is 1. The third-order valence-corrected chi connectivity index (χ3v) is 4.07. The van der Waals surface area contributed by atoms with E-state index in [0.29, 0.717) is 5.56 Å². The van der Waals surface area contributed by atoms with Crippen LogP contribution < -0.4 is 10.6 Å². The lowest BCUT2D eigenvalue weighted by atomic mass is 10.1. The number of hydrogen-bond acceptors (Lipinski definition) is 3. The lowest BCUT2D eigenvalue weighted by molar-refractivity contribution is 0.214. The van der Waals surface area contributed by atoms with E-state index in [0.717, 1.165) is 12.2 Å². The average Bonchev–Trinajstić information content (AvgIpc) is 2.47. The van der Waals surface area contributed by atoms with Crippen molar-refractivity contribution >= 4 is 29.4 Å². The summed E-state index contributed by atoms with van der Waals surface area (Å²) in [6.45, 7) is 1.66. The second kappa shape index (κ2) is 9.12. The number of aliphatic hydroxyl groups is 1. The van der Waals surface area contributed by atoms with Crippen LogP contribution in [0.25, 0.3) is 0 Å². The molecule has 0 saturated heterocycles. The summed E-state index contributed by atoms with van der Waals surface area (Å²) in [6.07, 6.45) is 2.78. The van der Waals surface area contributed by atoms with Gasteiger partial charge in [-0.25, -0.2) is 9.18 Å². The van der Waals surface area contributed by atoms with E-state index in [2.05, 4.69) is 10.6 Å². The molecule has 0 bridgehead atoms. The van der Waals surface area contributed by atoms with Gasteiger partial charge in [-0.2, -0.15) is 11.8 Å². The fraction of sp³-hybridized carbons (Fsp3) is 0.500. The van der Waals surface area contributed by atoms with Crippen molar-refractivity contribution in [2.75, 3.05) is 18.6 Å². The lowest BCUT2D eigenvalue weighted by Crippen LogP contribution is -2.45. The highest BCUT2D eigenvalue weighted by molar-refractivity contribution is 7.98. The number of aliphatic hydroxyl groups excluding tert-OH is 1. The van der Waals surface area contributed by atoms with Gasteiger partial charge < -0.3 is 15.7 Å². The Hall–Kier alpha value is -0.980. The largest absolute Gasteiger partial charge is 0.394 e. The zero-order valence-electron chi connectivity index (χ0n) is 12.0. The van der Waals surface area contributed by atoms with Gasteiger partial charge in [0.15, 0.2) is 0 Å². The number of amides is 2. The topological polar surface area (TPSA) is 61.4 Å². The van der Waals surface area contributed by atoms with E-state index in [1.54, 1.807) is 17.8 Å². The van der Waals surface area contributed by atoms with Crippen LogP contribution in [0, 0.1) is 5.82 Å². The minimum atomic E-state index is -0.677. The van der Waals surface area contributed by atoms with Gasteiger partial charge in [0.1, 0.15) is 5.82 Å². The molecule has 21 heavy (non-hydrogen) atoms. The molecule has 0 fully saturated rings. The first-order valence-corrected chi connectivity index (χ1v) is 8.40. The summed E-state index contributed by atoms with van der Waals surface area (Å²) in [4.78, 5) is 11.9. The van der Waals surface area contributed by atoms with E-state index in [1.807, 2.05) is 13.2 Å². The van der Waals surface area contributed by atoms with Crippen molar-refractivity contribution in [1.82, 2.24) is 10.6 Å². The molecule has 0 aliphatic heterocycles. The Morgan fingerprint density at radius 2 is 2.19 bits per heavy atom. The summed E-state index contributed by atoms with van der Waals surface area (Å²) >= 11 is 7.26. The average molecular weight is 335 g/mol. The van der Waals surface area contributed by atoms with Crippen LogP contribution in [0.4, 0.5) is 9.18 Å². The van der Waals surface area contributed by atoms with Crippen molar-refractivity contribution < 1.29 is 14.3 Å². The fourth-order valence-electron chi connectivity index (χ4n) is 1.81. The second-order valence-electron chi connectivity index (χ2n) is 4.59. The molecule has 4 nitrogen and oxygen atoms in total. The van der Waals surface area contributed by atoms with Crippen LogP contribution in [0.1, 0.15) is 24.9 Å². The molecule has 0 aliphatic carbocycles. The first kappa shape index (κ1) is 18.1. The Labute approximate surface area is 133 Å². The Kier molecular flexibility index (Phi) is 7.85. The number of rotatable bonds is 7. The minimum absolute atomic E-state index is 0.00547. The molecule has 2 atom stereocenters. The van der Waals surface area contributed by atoms with Crippen molar-refractivity contribution in [2.24, 2.45) is 0 Å². The van der Waals surface area contributed by atoms with E-state index in [9.17, 15) is 14.3 Å². The van der Waals surface area contributed by atoms with Crippen molar-refractivity contribution in [1.29, 1.82) is 0 Å². The maximum atomic E-state index is 13.4. The van der Waals surface area contributed by atoms with Crippen LogP contribution in [-0.4, -0.2) is 35.8 Å². The highest BCUT2D eigenvalue weighted by atomic mass is 35.5. The van der Waals surface area contributed by atoms with Crippen molar-refractivity contribution in [3.8, 4) is 0 Å². The molecule has 1 aromatic carbocycles. The molecular formula is C14H20ClFN2O2S. The third-order valence-electron chi connectivity index (χ3n) is 3.03. The van der Waals surface area contributed by atoms with Crippen LogP contribution in [0.15, 0.2) is 18.2 Å². The van der Waals surface area contributed by atoms with Gasteiger partial charge >= 0.3 is 6.03 Å². The first-order chi connectivity index (χ1) is 10.0. The quantitative estimate of drug-likeness (QED) is 0.718. The molecule has 0 radical (unpaired) electrons. The Morgan fingerprint density at radius 1 is 1.48 bits per heavy atom. The summed E-state index contributed by atoms with van der Waals surface area (Å²) < 4.78 is 13.4. The summed E-state index contributed by atoms with van der Waals surface area (Å²) in [6, 6.07) is 3.18. The van der Waals surface area contributed by atoms with Crippen LogP contribution in [0.3, 0.4) is 0 Å². The van der Waals surface area contributed by atoms with Crippen LogP contribution in [0.2, 0.25) is 5.02 Å². The minimum Gasteiger partial charge on any atom is -0.394 e. The molecule has 1 aromatic rings. The fourth-order valence-corrected chi connectivity index (χ4v) is 2.65. The number of thioether (sulfide) groups is 1.